The molecule has 0 bridgehead atoms. The van der Waals surface area contributed by atoms with Gasteiger partial charge in [0.2, 0.25) is 5.28 Å². The number of likely N-dealkylation sites (tertiary alicyclic amines) is 1. The lowest BCUT2D eigenvalue weighted by molar-refractivity contribution is -0.0434. The molecule has 6 nitrogen and oxygen atoms in total. The molecule has 162 valence electrons. The molecule has 2 fully saturated rings. The lowest BCUT2D eigenvalue weighted by Crippen LogP contribution is -2.62. The van der Waals surface area contributed by atoms with Gasteiger partial charge in [-0.3, -0.25) is 0 Å². The smallest absolute Gasteiger partial charge is 0.410 e. The van der Waals surface area contributed by atoms with Gasteiger partial charge in [0.25, 0.3) is 0 Å². The molecule has 0 unspecified atom stereocenters. The molecule has 0 saturated carbocycles. The Balaban J connectivity index is 1.49. The van der Waals surface area contributed by atoms with Crippen LogP contribution >= 0.6 is 27.5 Å². The van der Waals surface area contributed by atoms with E-state index in [1.807, 2.05) is 33.8 Å². The summed E-state index contributed by atoms with van der Waals surface area (Å²) in [4.78, 5) is 24.7. The molecule has 0 aliphatic carbocycles. The van der Waals surface area contributed by atoms with E-state index < -0.39 is 11.4 Å². The van der Waals surface area contributed by atoms with Crippen molar-refractivity contribution in [2.45, 2.75) is 46.1 Å². The number of amides is 1. The summed E-state index contributed by atoms with van der Waals surface area (Å²) in [5.41, 5.74) is 0.638. The molecule has 1 amide bonds. The van der Waals surface area contributed by atoms with Gasteiger partial charge in [-0.15, -0.1) is 0 Å². The van der Waals surface area contributed by atoms with Crippen molar-refractivity contribution in [3.63, 3.8) is 0 Å². The topological polar surface area (TPSA) is 58.6 Å². The van der Waals surface area contributed by atoms with E-state index in [0.717, 1.165) is 31.5 Å². The third-order valence-corrected chi connectivity index (χ3v) is 6.98. The van der Waals surface area contributed by atoms with Crippen molar-refractivity contribution in [2.24, 2.45) is 5.41 Å². The zero-order valence-electron chi connectivity index (χ0n) is 17.6. The number of fused-ring (bicyclic) bond motifs is 1. The Morgan fingerprint density at radius 2 is 1.90 bits per heavy atom. The van der Waals surface area contributed by atoms with Gasteiger partial charge in [-0.25, -0.2) is 14.2 Å². The molecule has 2 saturated heterocycles. The lowest BCUT2D eigenvalue weighted by Gasteiger charge is -2.53. The number of nitrogens with zero attached hydrogens (tertiary/aromatic N) is 4. The number of rotatable bonds is 1. The minimum atomic E-state index is -0.487. The van der Waals surface area contributed by atoms with Crippen LogP contribution in [0.3, 0.4) is 0 Å². The van der Waals surface area contributed by atoms with E-state index in [-0.39, 0.29) is 22.3 Å². The maximum atomic E-state index is 14.7. The van der Waals surface area contributed by atoms with E-state index in [1.165, 1.54) is 0 Å². The van der Waals surface area contributed by atoms with Crippen molar-refractivity contribution in [3.8, 4) is 0 Å². The number of hydrogen-bond acceptors (Lipinski definition) is 5. The van der Waals surface area contributed by atoms with Crippen LogP contribution in [0.25, 0.3) is 10.9 Å². The Kier molecular flexibility index (Phi) is 5.37. The summed E-state index contributed by atoms with van der Waals surface area (Å²) < 4.78 is 20.6. The molecule has 1 aromatic heterocycles. The SMILES string of the molecule is Cc1cc2c(N3CCC4(CC3)CN(C(=O)OC(C)(C)C)C4)nc(Cl)nc2c(F)c1Br. The van der Waals surface area contributed by atoms with Crippen molar-refractivity contribution >= 4 is 50.3 Å². The van der Waals surface area contributed by atoms with Crippen molar-refractivity contribution in [1.29, 1.82) is 0 Å². The van der Waals surface area contributed by atoms with Crippen LogP contribution in [0.1, 0.15) is 39.2 Å². The highest BCUT2D eigenvalue weighted by atomic mass is 79.9. The predicted octanol–water partition coefficient (Wildman–Crippen LogP) is 5.33. The maximum Gasteiger partial charge on any atom is 0.410 e. The standard InChI is InChI=1S/C21H25BrClFN4O2/c1-12-9-13-16(15(24)14(12)22)25-18(23)26-17(13)27-7-5-21(6-8-27)10-28(11-21)19(29)30-20(2,3)4/h9H,5-8,10-11H2,1-4H3. The fourth-order valence-electron chi connectivity index (χ4n) is 4.26. The van der Waals surface area contributed by atoms with Gasteiger partial charge in [0, 0.05) is 37.0 Å². The number of halogens is 3. The summed E-state index contributed by atoms with van der Waals surface area (Å²) in [6.45, 7) is 10.4. The monoisotopic (exact) mass is 498 g/mol. The zero-order valence-corrected chi connectivity index (χ0v) is 19.9. The van der Waals surface area contributed by atoms with Gasteiger partial charge in [-0.2, -0.15) is 4.98 Å². The van der Waals surface area contributed by atoms with E-state index in [2.05, 4.69) is 30.8 Å². The van der Waals surface area contributed by atoms with E-state index in [4.69, 9.17) is 16.3 Å². The second kappa shape index (κ2) is 7.48. The second-order valence-electron chi connectivity index (χ2n) is 9.36. The fraction of sp³-hybridized carbons (Fsp3) is 0.571. The largest absolute Gasteiger partial charge is 0.444 e. The molecule has 2 aromatic rings. The Hall–Kier alpha value is -1.67. The van der Waals surface area contributed by atoms with Gasteiger partial charge in [-0.05, 0) is 79.7 Å². The molecule has 9 heteroatoms. The maximum absolute atomic E-state index is 14.7. The Bertz CT molecular complexity index is 1010. The van der Waals surface area contributed by atoms with Crippen LogP contribution in [-0.2, 0) is 4.74 Å². The molecule has 1 aromatic carbocycles. The number of anilines is 1. The average Bonchev–Trinajstić information content (AvgIpc) is 2.63. The van der Waals surface area contributed by atoms with Gasteiger partial charge in [0.1, 0.15) is 16.9 Å². The molecule has 0 radical (unpaired) electrons. The zero-order chi connectivity index (χ0) is 21.8. The van der Waals surface area contributed by atoms with E-state index >= 15 is 0 Å². The third kappa shape index (κ3) is 3.96. The van der Waals surface area contributed by atoms with Gasteiger partial charge in [0.15, 0.2) is 5.82 Å². The lowest BCUT2D eigenvalue weighted by atomic mass is 9.72. The average molecular weight is 500 g/mol. The molecule has 0 N–H and O–H groups in total. The number of piperidine rings is 1. The van der Waals surface area contributed by atoms with Crippen LogP contribution in [-0.4, -0.2) is 52.7 Å². The highest BCUT2D eigenvalue weighted by molar-refractivity contribution is 9.10. The Labute approximate surface area is 188 Å². The normalized spacial score (nSPS) is 18.6. The van der Waals surface area contributed by atoms with Gasteiger partial charge in [-0.1, -0.05) is 0 Å². The Morgan fingerprint density at radius 1 is 1.27 bits per heavy atom. The second-order valence-corrected chi connectivity index (χ2v) is 10.5. The van der Waals surface area contributed by atoms with Crippen molar-refractivity contribution in [2.75, 3.05) is 31.1 Å². The minimum absolute atomic E-state index is 0.0344. The summed E-state index contributed by atoms with van der Waals surface area (Å²) in [5.74, 6) is 0.244. The van der Waals surface area contributed by atoms with Crippen molar-refractivity contribution < 1.29 is 13.9 Å². The summed E-state index contributed by atoms with van der Waals surface area (Å²) in [6, 6.07) is 1.89. The molecule has 30 heavy (non-hydrogen) atoms. The predicted molar refractivity (Wildman–Crippen MR) is 119 cm³/mol. The van der Waals surface area contributed by atoms with Crippen LogP contribution in [0.15, 0.2) is 10.5 Å². The first-order chi connectivity index (χ1) is 14.0. The van der Waals surface area contributed by atoms with Crippen molar-refractivity contribution in [3.05, 3.63) is 27.2 Å². The highest BCUT2D eigenvalue weighted by Gasteiger charge is 2.48. The molecule has 0 atom stereocenters. The van der Waals surface area contributed by atoms with Crippen LogP contribution < -0.4 is 4.90 Å². The Morgan fingerprint density at radius 3 is 2.50 bits per heavy atom. The summed E-state index contributed by atoms with van der Waals surface area (Å²) in [6.07, 6.45) is 1.60. The third-order valence-electron chi connectivity index (χ3n) is 5.83. The van der Waals surface area contributed by atoms with Gasteiger partial charge < -0.3 is 14.5 Å². The minimum Gasteiger partial charge on any atom is -0.444 e. The van der Waals surface area contributed by atoms with Crippen LogP contribution in [0.5, 0.6) is 0 Å². The van der Waals surface area contributed by atoms with E-state index in [9.17, 15) is 9.18 Å². The van der Waals surface area contributed by atoms with Crippen LogP contribution in [0.2, 0.25) is 5.28 Å². The van der Waals surface area contributed by atoms with Crippen LogP contribution in [0, 0.1) is 18.2 Å². The highest BCUT2D eigenvalue weighted by Crippen LogP contribution is 2.43. The number of aryl methyl sites for hydroxylation is 1. The molecular formula is C21H25BrClFN4O2. The number of carbonyl (C=O) groups excluding carboxylic acids is 1. The number of aromatic nitrogens is 2. The molecular weight excluding hydrogens is 475 g/mol. The fourth-order valence-corrected chi connectivity index (χ4v) is 4.72. The first kappa shape index (κ1) is 21.6. The first-order valence-corrected chi connectivity index (χ1v) is 11.2. The first-order valence-electron chi connectivity index (χ1n) is 10.0. The summed E-state index contributed by atoms with van der Waals surface area (Å²) in [5, 5.41) is 0.699. The number of ether oxygens (including phenoxy) is 1. The molecule has 3 heterocycles. The van der Waals surface area contributed by atoms with E-state index in [1.54, 1.807) is 4.90 Å². The van der Waals surface area contributed by atoms with Crippen LogP contribution in [0.4, 0.5) is 15.0 Å². The number of carbonyl (C=O) groups is 1. The van der Waals surface area contributed by atoms with E-state index in [0.29, 0.717) is 28.8 Å². The van der Waals surface area contributed by atoms with Crippen molar-refractivity contribution in [1.82, 2.24) is 14.9 Å². The molecule has 4 rings (SSSR count). The molecule has 1 spiro atoms. The quantitative estimate of drug-likeness (QED) is 0.496. The summed E-state index contributed by atoms with van der Waals surface area (Å²) >= 11 is 9.40. The molecule has 2 aliphatic heterocycles. The summed E-state index contributed by atoms with van der Waals surface area (Å²) in [7, 11) is 0. The van der Waals surface area contributed by atoms with Gasteiger partial charge >= 0.3 is 6.09 Å². The number of hydrogen-bond donors (Lipinski definition) is 0. The van der Waals surface area contributed by atoms with Gasteiger partial charge in [0.05, 0.1) is 4.47 Å². The molecule has 2 aliphatic rings. The number of benzene rings is 1.